The predicted molar refractivity (Wildman–Crippen MR) is 90.8 cm³/mol. The fourth-order valence-electron chi connectivity index (χ4n) is 2.26. The van der Waals surface area contributed by atoms with Crippen LogP contribution in [0.5, 0.6) is 5.75 Å². The molecule has 112 valence electrons. The second kappa shape index (κ2) is 6.75. The van der Waals surface area contributed by atoms with Crippen LogP contribution in [0.1, 0.15) is 18.1 Å². The zero-order valence-corrected chi connectivity index (χ0v) is 14.9. The van der Waals surface area contributed by atoms with Crippen molar-refractivity contribution in [2.24, 2.45) is 0 Å². The third-order valence-electron chi connectivity index (χ3n) is 3.14. The van der Waals surface area contributed by atoms with Crippen LogP contribution in [-0.2, 0) is 11.2 Å². The van der Waals surface area contributed by atoms with E-state index in [2.05, 4.69) is 36.8 Å². The van der Waals surface area contributed by atoms with E-state index in [4.69, 9.17) is 4.74 Å². The molecule has 0 amide bonds. The fraction of sp³-hybridized carbons (Fsp3) is 0.333. The zero-order valence-electron chi connectivity index (χ0n) is 11.7. The molecule has 2 aromatic rings. The van der Waals surface area contributed by atoms with Gasteiger partial charge in [0.05, 0.1) is 5.52 Å². The average Bonchev–Trinajstić information content (AvgIpc) is 2.40. The number of halogens is 2. The molecule has 4 nitrogen and oxygen atoms in total. The van der Waals surface area contributed by atoms with Crippen LogP contribution in [0.4, 0.5) is 0 Å². The highest BCUT2D eigenvalue weighted by Gasteiger charge is 2.16. The zero-order chi connectivity index (χ0) is 15.6. The van der Waals surface area contributed by atoms with Gasteiger partial charge in [-0.2, -0.15) is 0 Å². The highest BCUT2D eigenvalue weighted by Crippen LogP contribution is 2.30. The Morgan fingerprint density at radius 3 is 2.76 bits per heavy atom. The van der Waals surface area contributed by atoms with Gasteiger partial charge in [0.2, 0.25) is 5.56 Å². The molecule has 0 fully saturated rings. The van der Waals surface area contributed by atoms with Crippen LogP contribution < -0.4 is 10.3 Å². The van der Waals surface area contributed by atoms with E-state index < -0.39 is 0 Å². The van der Waals surface area contributed by atoms with E-state index in [9.17, 15) is 9.59 Å². The van der Waals surface area contributed by atoms with Crippen LogP contribution in [0, 0.1) is 6.92 Å². The number of carbonyl (C=O) groups is 1. The number of carbonyl (C=O) groups excluding carboxylic acids is 1. The molecule has 1 unspecified atom stereocenters. The topological polar surface area (TPSA) is 59.2 Å². The minimum absolute atomic E-state index is 0.161. The molecule has 0 aliphatic carbocycles. The number of aromatic nitrogens is 1. The number of esters is 1. The van der Waals surface area contributed by atoms with Crippen LogP contribution in [-0.4, -0.2) is 21.1 Å². The number of fused-ring (bicyclic) bond motifs is 1. The fourth-order valence-corrected chi connectivity index (χ4v) is 2.82. The van der Waals surface area contributed by atoms with Gasteiger partial charge in [0.25, 0.3) is 0 Å². The first-order chi connectivity index (χ1) is 9.92. The van der Waals surface area contributed by atoms with Gasteiger partial charge >= 0.3 is 5.97 Å². The number of aromatic amines is 1. The van der Waals surface area contributed by atoms with Crippen LogP contribution in [0.2, 0.25) is 0 Å². The van der Waals surface area contributed by atoms with Crippen molar-refractivity contribution < 1.29 is 9.53 Å². The number of hydrogen-bond acceptors (Lipinski definition) is 3. The van der Waals surface area contributed by atoms with E-state index in [-0.39, 0.29) is 16.4 Å². The van der Waals surface area contributed by atoms with Gasteiger partial charge in [-0.3, -0.25) is 9.59 Å². The lowest BCUT2D eigenvalue weighted by Gasteiger charge is -2.15. The van der Waals surface area contributed by atoms with E-state index in [1.165, 1.54) is 6.92 Å². The summed E-state index contributed by atoms with van der Waals surface area (Å²) < 4.78 is 5.28. The summed E-state index contributed by atoms with van der Waals surface area (Å²) >= 11 is 6.97. The number of benzene rings is 1. The molecule has 1 aromatic heterocycles. The van der Waals surface area contributed by atoms with Crippen molar-refractivity contribution in [3.05, 3.63) is 39.7 Å². The number of aryl methyl sites for hydroxylation is 1. The number of H-pyrrole nitrogens is 1. The Labute approximate surface area is 139 Å². The standard InChI is InChI=1S/C15H15Br2NO3/c1-8-5-14(20)18-15-11(8)3-4-13(21-9(2)19)12(15)6-10(17)7-16/h3-5,10H,6-7H2,1-2H3,(H,18,20). The molecule has 0 saturated heterocycles. The third kappa shape index (κ3) is 3.74. The largest absolute Gasteiger partial charge is 0.426 e. The summed E-state index contributed by atoms with van der Waals surface area (Å²) in [5, 5.41) is 1.70. The number of pyridine rings is 1. The van der Waals surface area contributed by atoms with Gasteiger partial charge in [-0.15, -0.1) is 0 Å². The van der Waals surface area contributed by atoms with Gasteiger partial charge in [-0.05, 0) is 31.0 Å². The molecule has 1 heterocycles. The first-order valence-electron chi connectivity index (χ1n) is 6.46. The lowest BCUT2D eigenvalue weighted by atomic mass is 10.0. The molecule has 0 saturated carbocycles. The first kappa shape index (κ1) is 16.2. The molecule has 0 radical (unpaired) electrons. The number of rotatable bonds is 4. The first-order valence-corrected chi connectivity index (χ1v) is 8.50. The lowest BCUT2D eigenvalue weighted by Crippen LogP contribution is -2.12. The molecule has 1 N–H and O–H groups in total. The molecule has 2 rings (SSSR count). The number of alkyl halides is 2. The maximum absolute atomic E-state index is 11.8. The maximum Gasteiger partial charge on any atom is 0.308 e. The van der Waals surface area contributed by atoms with Crippen molar-refractivity contribution in [1.29, 1.82) is 0 Å². The molecule has 0 aliphatic heterocycles. The second-order valence-corrected chi connectivity index (χ2v) is 6.77. The van der Waals surface area contributed by atoms with E-state index >= 15 is 0 Å². The van der Waals surface area contributed by atoms with Crippen LogP contribution in [0.3, 0.4) is 0 Å². The van der Waals surface area contributed by atoms with Gasteiger partial charge in [0, 0.05) is 34.1 Å². The number of ether oxygens (including phenoxy) is 1. The van der Waals surface area contributed by atoms with Gasteiger partial charge in [0.15, 0.2) is 0 Å². The minimum atomic E-state index is -0.379. The highest BCUT2D eigenvalue weighted by molar-refractivity contribution is 9.12. The molecule has 1 aromatic carbocycles. The maximum atomic E-state index is 11.8. The second-order valence-electron chi connectivity index (χ2n) is 4.83. The van der Waals surface area contributed by atoms with Crippen molar-refractivity contribution in [1.82, 2.24) is 4.98 Å². The molecular formula is C15H15Br2NO3. The van der Waals surface area contributed by atoms with Crippen molar-refractivity contribution >= 4 is 48.7 Å². The van der Waals surface area contributed by atoms with Crippen LogP contribution >= 0.6 is 31.9 Å². The van der Waals surface area contributed by atoms with Crippen LogP contribution in [0.15, 0.2) is 23.0 Å². The summed E-state index contributed by atoms with van der Waals surface area (Å²) in [6, 6.07) is 5.20. The Hall–Kier alpha value is -1.14. The molecule has 21 heavy (non-hydrogen) atoms. The minimum Gasteiger partial charge on any atom is -0.426 e. The van der Waals surface area contributed by atoms with Gasteiger partial charge in [-0.25, -0.2) is 0 Å². The predicted octanol–water partition coefficient (Wildman–Crippen LogP) is 3.46. The molecular weight excluding hydrogens is 402 g/mol. The summed E-state index contributed by atoms with van der Waals surface area (Å²) in [6.45, 7) is 3.26. The van der Waals surface area contributed by atoms with Crippen molar-refractivity contribution in [3.8, 4) is 5.75 Å². The Bertz CT molecular complexity index is 740. The number of hydrogen-bond donors (Lipinski definition) is 1. The van der Waals surface area contributed by atoms with Crippen molar-refractivity contribution in [2.75, 3.05) is 5.33 Å². The quantitative estimate of drug-likeness (QED) is 0.471. The van der Waals surface area contributed by atoms with Crippen molar-refractivity contribution in [2.45, 2.75) is 25.1 Å². The molecule has 6 heteroatoms. The number of nitrogens with one attached hydrogen (secondary N) is 1. The molecule has 0 spiro atoms. The van der Waals surface area contributed by atoms with E-state index in [1.54, 1.807) is 12.1 Å². The Kier molecular flexibility index (Phi) is 5.22. The smallest absolute Gasteiger partial charge is 0.308 e. The summed E-state index contributed by atoms with van der Waals surface area (Å²) in [5.74, 6) is 0.109. The van der Waals surface area contributed by atoms with E-state index in [1.807, 2.05) is 13.0 Å². The molecule has 0 aliphatic rings. The monoisotopic (exact) mass is 415 g/mol. The summed E-state index contributed by atoms with van der Waals surface area (Å²) in [6.07, 6.45) is 0.630. The van der Waals surface area contributed by atoms with Gasteiger partial charge in [-0.1, -0.05) is 31.9 Å². The Balaban J connectivity index is 2.70. The van der Waals surface area contributed by atoms with Gasteiger partial charge < -0.3 is 9.72 Å². The van der Waals surface area contributed by atoms with Crippen LogP contribution in [0.25, 0.3) is 10.9 Å². The highest BCUT2D eigenvalue weighted by atomic mass is 79.9. The SMILES string of the molecule is CC(=O)Oc1ccc2c(C)cc(=O)[nH]c2c1CC(Br)CBr. The third-order valence-corrected chi connectivity index (χ3v) is 5.44. The van der Waals surface area contributed by atoms with E-state index in [0.29, 0.717) is 12.2 Å². The average molecular weight is 417 g/mol. The van der Waals surface area contributed by atoms with Crippen molar-refractivity contribution in [3.63, 3.8) is 0 Å². The lowest BCUT2D eigenvalue weighted by molar-refractivity contribution is -0.131. The molecule has 0 bridgehead atoms. The molecule has 1 atom stereocenters. The summed E-state index contributed by atoms with van der Waals surface area (Å²) in [5.41, 5.74) is 2.29. The van der Waals surface area contributed by atoms with Gasteiger partial charge in [0.1, 0.15) is 5.75 Å². The Morgan fingerprint density at radius 2 is 2.14 bits per heavy atom. The Morgan fingerprint density at radius 1 is 1.43 bits per heavy atom. The van der Waals surface area contributed by atoms with E-state index in [0.717, 1.165) is 27.4 Å². The normalized spacial score (nSPS) is 12.4. The summed E-state index contributed by atoms with van der Waals surface area (Å²) in [7, 11) is 0. The summed E-state index contributed by atoms with van der Waals surface area (Å²) in [4.78, 5) is 26.1.